The highest BCUT2D eigenvalue weighted by Crippen LogP contribution is 2.24. The summed E-state index contributed by atoms with van der Waals surface area (Å²) in [6.45, 7) is 1.21. The lowest BCUT2D eigenvalue weighted by molar-refractivity contribution is 0.0650. The molecule has 1 aliphatic heterocycles. The maximum atomic E-state index is 12.8. The summed E-state index contributed by atoms with van der Waals surface area (Å²) in [5.74, 6) is 0.139. The van der Waals surface area contributed by atoms with Crippen LogP contribution in [0.5, 0.6) is 0 Å². The van der Waals surface area contributed by atoms with E-state index in [0.717, 1.165) is 10.9 Å². The molecule has 0 atom stereocenters. The van der Waals surface area contributed by atoms with Crippen LogP contribution in [0.15, 0.2) is 54.7 Å². The Bertz CT molecular complexity index is 954. The molecule has 2 heterocycles. The lowest BCUT2D eigenvalue weighted by Gasteiger charge is -2.31. The van der Waals surface area contributed by atoms with E-state index in [4.69, 9.17) is 11.6 Å². The Morgan fingerprint density at radius 2 is 1.65 bits per heavy atom. The van der Waals surface area contributed by atoms with E-state index in [-0.39, 0.29) is 17.6 Å². The number of carbonyl (C=O) groups is 2. The van der Waals surface area contributed by atoms with Crippen LogP contribution in [0.25, 0.3) is 10.9 Å². The summed E-state index contributed by atoms with van der Waals surface area (Å²) in [6, 6.07) is 14.7. The van der Waals surface area contributed by atoms with Crippen LogP contribution in [0.3, 0.4) is 0 Å². The Morgan fingerprint density at radius 1 is 0.962 bits per heavy atom. The molecule has 1 fully saturated rings. The summed E-state index contributed by atoms with van der Waals surface area (Å²) in [6.07, 6.45) is 3.26. The average Bonchev–Trinajstić information content (AvgIpc) is 3.15. The van der Waals surface area contributed by atoms with Gasteiger partial charge in [0.15, 0.2) is 5.78 Å². The van der Waals surface area contributed by atoms with Crippen molar-refractivity contribution in [3.63, 3.8) is 0 Å². The Kier molecular flexibility index (Phi) is 4.51. The van der Waals surface area contributed by atoms with Crippen molar-refractivity contribution in [3.05, 3.63) is 70.9 Å². The molecule has 0 spiro atoms. The predicted octanol–water partition coefficient (Wildman–Crippen LogP) is 4.56. The number of aromatic nitrogens is 1. The number of aromatic amines is 1. The Hall–Kier alpha value is -2.59. The standard InChI is InChI=1S/C21H19ClN2O2/c22-18-4-1-14(2-5-18)20(25)15-8-11-24(12-9-15)21(26)17-3-6-19-16(13-17)7-10-23-19/h1-7,10,13,15,23H,8-9,11-12H2. The first-order valence-electron chi connectivity index (χ1n) is 8.78. The number of nitrogens with one attached hydrogen (secondary N) is 1. The van der Waals surface area contributed by atoms with Crippen molar-refractivity contribution in [3.8, 4) is 0 Å². The number of nitrogens with zero attached hydrogens (tertiary/aromatic N) is 1. The van der Waals surface area contributed by atoms with Crippen molar-refractivity contribution in [2.45, 2.75) is 12.8 Å². The van der Waals surface area contributed by atoms with Gasteiger partial charge in [0.25, 0.3) is 5.91 Å². The SMILES string of the molecule is O=C(c1ccc(Cl)cc1)C1CCN(C(=O)c2ccc3[nH]ccc3c2)CC1. The first-order chi connectivity index (χ1) is 12.6. The predicted molar refractivity (Wildman–Crippen MR) is 103 cm³/mol. The second-order valence-electron chi connectivity index (χ2n) is 6.72. The second kappa shape index (κ2) is 6.96. The van der Waals surface area contributed by atoms with Gasteiger partial charge in [0.1, 0.15) is 0 Å². The highest BCUT2D eigenvalue weighted by Gasteiger charge is 2.28. The number of ketones is 1. The Balaban J connectivity index is 1.41. The summed E-state index contributed by atoms with van der Waals surface area (Å²) in [5.41, 5.74) is 2.41. The van der Waals surface area contributed by atoms with E-state index in [0.29, 0.717) is 42.1 Å². The van der Waals surface area contributed by atoms with E-state index in [1.165, 1.54) is 0 Å². The molecule has 1 N–H and O–H groups in total. The molecule has 1 aliphatic rings. The second-order valence-corrected chi connectivity index (χ2v) is 7.15. The molecule has 0 unspecified atom stereocenters. The van der Waals surface area contributed by atoms with Crippen molar-refractivity contribution < 1.29 is 9.59 Å². The zero-order chi connectivity index (χ0) is 18.1. The molecule has 1 saturated heterocycles. The van der Waals surface area contributed by atoms with E-state index in [1.807, 2.05) is 35.4 Å². The molecule has 0 bridgehead atoms. The molecule has 0 aliphatic carbocycles. The summed E-state index contributed by atoms with van der Waals surface area (Å²) < 4.78 is 0. The van der Waals surface area contributed by atoms with Crippen molar-refractivity contribution in [1.82, 2.24) is 9.88 Å². The van der Waals surface area contributed by atoms with Crippen LogP contribution in [-0.2, 0) is 0 Å². The third-order valence-corrected chi connectivity index (χ3v) is 5.33. The van der Waals surface area contributed by atoms with Gasteiger partial charge in [0, 0.05) is 52.3 Å². The van der Waals surface area contributed by atoms with Crippen LogP contribution in [0.2, 0.25) is 5.02 Å². The number of fused-ring (bicyclic) bond motifs is 1. The molecular formula is C21H19ClN2O2. The van der Waals surface area contributed by atoms with Gasteiger partial charge in [-0.2, -0.15) is 0 Å². The van der Waals surface area contributed by atoms with Crippen LogP contribution < -0.4 is 0 Å². The monoisotopic (exact) mass is 366 g/mol. The molecule has 5 heteroatoms. The Labute approximate surface area is 156 Å². The van der Waals surface area contributed by atoms with Gasteiger partial charge >= 0.3 is 0 Å². The number of hydrogen-bond acceptors (Lipinski definition) is 2. The minimum absolute atomic E-state index is 0.0329. The first kappa shape index (κ1) is 16.9. The average molecular weight is 367 g/mol. The molecule has 4 rings (SSSR count). The molecule has 1 aromatic heterocycles. The normalized spacial score (nSPS) is 15.3. The molecule has 0 radical (unpaired) electrons. The van der Waals surface area contributed by atoms with Gasteiger partial charge in [0.2, 0.25) is 0 Å². The fourth-order valence-corrected chi connectivity index (χ4v) is 3.69. The van der Waals surface area contributed by atoms with E-state index in [2.05, 4.69) is 4.98 Å². The minimum atomic E-state index is -0.0348. The lowest BCUT2D eigenvalue weighted by atomic mass is 9.88. The van der Waals surface area contributed by atoms with Gasteiger partial charge in [-0.05, 0) is 61.4 Å². The molecule has 4 nitrogen and oxygen atoms in total. The zero-order valence-electron chi connectivity index (χ0n) is 14.2. The minimum Gasteiger partial charge on any atom is -0.361 e. The summed E-state index contributed by atoms with van der Waals surface area (Å²) in [4.78, 5) is 30.4. The van der Waals surface area contributed by atoms with Crippen LogP contribution in [-0.4, -0.2) is 34.7 Å². The lowest BCUT2D eigenvalue weighted by Crippen LogP contribution is -2.40. The number of Topliss-reactive ketones (excluding diaryl/α,β-unsaturated/α-hetero) is 1. The van der Waals surface area contributed by atoms with Gasteiger partial charge in [-0.3, -0.25) is 9.59 Å². The summed E-state index contributed by atoms with van der Waals surface area (Å²) >= 11 is 5.89. The molecule has 2 aromatic carbocycles. The summed E-state index contributed by atoms with van der Waals surface area (Å²) in [7, 11) is 0. The first-order valence-corrected chi connectivity index (χ1v) is 9.16. The topological polar surface area (TPSA) is 53.2 Å². The number of hydrogen-bond donors (Lipinski definition) is 1. The quantitative estimate of drug-likeness (QED) is 0.691. The smallest absolute Gasteiger partial charge is 0.253 e. The number of H-pyrrole nitrogens is 1. The zero-order valence-corrected chi connectivity index (χ0v) is 15.0. The molecule has 1 amide bonds. The number of halogens is 1. The number of carbonyl (C=O) groups excluding carboxylic acids is 2. The number of piperidine rings is 1. The van der Waals surface area contributed by atoms with E-state index >= 15 is 0 Å². The van der Waals surface area contributed by atoms with Crippen LogP contribution >= 0.6 is 11.6 Å². The maximum Gasteiger partial charge on any atom is 0.253 e. The molecule has 132 valence electrons. The number of rotatable bonds is 3. The maximum absolute atomic E-state index is 12.8. The van der Waals surface area contributed by atoms with Crippen LogP contribution in [0.4, 0.5) is 0 Å². The fourth-order valence-electron chi connectivity index (χ4n) is 3.56. The van der Waals surface area contributed by atoms with E-state index in [9.17, 15) is 9.59 Å². The van der Waals surface area contributed by atoms with E-state index in [1.54, 1.807) is 24.3 Å². The highest BCUT2D eigenvalue weighted by atomic mass is 35.5. The number of amides is 1. The Morgan fingerprint density at radius 3 is 2.38 bits per heavy atom. The number of likely N-dealkylation sites (tertiary alicyclic amines) is 1. The fraction of sp³-hybridized carbons (Fsp3) is 0.238. The highest BCUT2D eigenvalue weighted by molar-refractivity contribution is 6.30. The molecular weight excluding hydrogens is 348 g/mol. The van der Waals surface area contributed by atoms with Crippen molar-refractivity contribution in [1.29, 1.82) is 0 Å². The van der Waals surface area contributed by atoms with Gasteiger partial charge in [-0.15, -0.1) is 0 Å². The molecule has 3 aromatic rings. The number of benzene rings is 2. The van der Waals surface area contributed by atoms with Gasteiger partial charge in [0.05, 0.1) is 0 Å². The molecule has 0 saturated carbocycles. The van der Waals surface area contributed by atoms with Crippen LogP contribution in [0.1, 0.15) is 33.6 Å². The van der Waals surface area contributed by atoms with Gasteiger partial charge < -0.3 is 9.88 Å². The summed E-state index contributed by atoms with van der Waals surface area (Å²) in [5, 5.41) is 1.66. The van der Waals surface area contributed by atoms with Crippen LogP contribution in [0, 0.1) is 5.92 Å². The third kappa shape index (κ3) is 3.25. The van der Waals surface area contributed by atoms with Gasteiger partial charge in [-0.25, -0.2) is 0 Å². The van der Waals surface area contributed by atoms with Crippen molar-refractivity contribution in [2.24, 2.45) is 5.92 Å². The van der Waals surface area contributed by atoms with Crippen molar-refractivity contribution in [2.75, 3.05) is 13.1 Å². The van der Waals surface area contributed by atoms with Gasteiger partial charge in [-0.1, -0.05) is 11.6 Å². The van der Waals surface area contributed by atoms with Crippen molar-refractivity contribution >= 4 is 34.2 Å². The molecule has 26 heavy (non-hydrogen) atoms. The third-order valence-electron chi connectivity index (χ3n) is 5.08. The van der Waals surface area contributed by atoms with E-state index < -0.39 is 0 Å². The largest absolute Gasteiger partial charge is 0.361 e.